The zero-order chi connectivity index (χ0) is 21.8. The zero-order valence-corrected chi connectivity index (χ0v) is 17.7. The molecule has 0 N–H and O–H groups in total. The highest BCUT2D eigenvalue weighted by Crippen LogP contribution is 2.16. The minimum atomic E-state index is -0.329. The Kier molecular flexibility index (Phi) is 6.71. The van der Waals surface area contributed by atoms with E-state index in [1.54, 1.807) is 24.1 Å². The fourth-order valence-electron chi connectivity index (χ4n) is 3.77. The summed E-state index contributed by atoms with van der Waals surface area (Å²) in [6, 6.07) is 7.45. The molecule has 162 valence electrons. The summed E-state index contributed by atoms with van der Waals surface area (Å²) in [5, 5.41) is 0. The lowest BCUT2D eigenvalue weighted by molar-refractivity contribution is -0.116. The number of carbonyl (C=O) groups is 1. The van der Waals surface area contributed by atoms with Crippen LogP contribution in [0.25, 0.3) is 0 Å². The lowest BCUT2D eigenvalue weighted by atomic mass is 10.2. The van der Waals surface area contributed by atoms with Crippen LogP contribution in [0.2, 0.25) is 0 Å². The van der Waals surface area contributed by atoms with Crippen molar-refractivity contribution >= 4 is 17.4 Å². The molecule has 0 radical (unpaired) electrons. The van der Waals surface area contributed by atoms with Gasteiger partial charge in [0, 0.05) is 65.5 Å². The number of benzene rings is 1. The molecule has 2 aromatic rings. The smallest absolute Gasteiger partial charge is 0.332 e. The molecule has 0 aliphatic carbocycles. The van der Waals surface area contributed by atoms with E-state index in [2.05, 4.69) is 9.80 Å². The summed E-state index contributed by atoms with van der Waals surface area (Å²) in [6.45, 7) is 5.94. The average Bonchev–Trinajstić information content (AvgIpc) is 2.73. The maximum atomic E-state index is 13.1. The Hall–Kier alpha value is -2.94. The van der Waals surface area contributed by atoms with Gasteiger partial charge in [0.1, 0.15) is 11.6 Å². The fraction of sp³-hybridized carbons (Fsp3) is 0.476. The standard InChI is InChI=1S/C21H28FN5O3/c1-16(28)27(18-7-5-17(22)6-8-18)10-4-9-25-11-13-26(14-12-25)19-15-20(29)24(3)21(30)23(19)2/h5-8,15H,4,9-14H2,1-3H3. The summed E-state index contributed by atoms with van der Waals surface area (Å²) in [6.07, 6.45) is 0.793. The number of hydrogen-bond acceptors (Lipinski definition) is 5. The van der Waals surface area contributed by atoms with Crippen molar-refractivity contribution < 1.29 is 9.18 Å². The van der Waals surface area contributed by atoms with Gasteiger partial charge in [0.15, 0.2) is 0 Å². The van der Waals surface area contributed by atoms with Crippen molar-refractivity contribution in [3.8, 4) is 0 Å². The predicted molar refractivity (Wildman–Crippen MR) is 115 cm³/mol. The summed E-state index contributed by atoms with van der Waals surface area (Å²) >= 11 is 0. The molecule has 0 spiro atoms. The summed E-state index contributed by atoms with van der Waals surface area (Å²) in [5.41, 5.74) is 0.0611. The van der Waals surface area contributed by atoms with Crippen molar-refractivity contribution in [1.82, 2.24) is 14.0 Å². The number of piperazine rings is 1. The van der Waals surface area contributed by atoms with Gasteiger partial charge in [-0.1, -0.05) is 0 Å². The second-order valence-electron chi connectivity index (χ2n) is 7.57. The summed E-state index contributed by atoms with van der Waals surface area (Å²) in [5.74, 6) is 0.244. The third-order valence-electron chi connectivity index (χ3n) is 5.57. The molecule has 1 saturated heterocycles. The van der Waals surface area contributed by atoms with Crippen LogP contribution in [0, 0.1) is 5.82 Å². The molecule has 1 amide bonds. The molecule has 0 atom stereocenters. The topological polar surface area (TPSA) is 70.8 Å². The van der Waals surface area contributed by atoms with E-state index in [1.165, 1.54) is 36.7 Å². The van der Waals surface area contributed by atoms with E-state index in [-0.39, 0.29) is 23.0 Å². The molecule has 1 aromatic heterocycles. The molecule has 0 unspecified atom stereocenters. The van der Waals surface area contributed by atoms with Gasteiger partial charge in [0.05, 0.1) is 0 Å². The Morgan fingerprint density at radius 2 is 1.67 bits per heavy atom. The van der Waals surface area contributed by atoms with E-state index in [0.717, 1.165) is 43.7 Å². The first-order valence-electron chi connectivity index (χ1n) is 10.1. The van der Waals surface area contributed by atoms with E-state index >= 15 is 0 Å². The number of rotatable bonds is 6. The molecular formula is C21H28FN5O3. The van der Waals surface area contributed by atoms with Crippen LogP contribution in [0.3, 0.4) is 0 Å². The van der Waals surface area contributed by atoms with Crippen molar-refractivity contribution in [3.63, 3.8) is 0 Å². The van der Waals surface area contributed by atoms with Gasteiger partial charge in [0.25, 0.3) is 5.56 Å². The molecule has 3 rings (SSSR count). The highest BCUT2D eigenvalue weighted by molar-refractivity contribution is 5.91. The molecule has 8 nitrogen and oxygen atoms in total. The van der Waals surface area contributed by atoms with E-state index in [9.17, 15) is 18.8 Å². The van der Waals surface area contributed by atoms with Crippen LogP contribution in [0.1, 0.15) is 13.3 Å². The largest absolute Gasteiger partial charge is 0.355 e. The van der Waals surface area contributed by atoms with E-state index in [1.807, 2.05) is 0 Å². The Bertz CT molecular complexity index is 1010. The Labute approximate surface area is 174 Å². The number of carbonyl (C=O) groups excluding carboxylic acids is 1. The molecule has 0 saturated carbocycles. The SMILES string of the molecule is CC(=O)N(CCCN1CCN(c2cc(=O)n(C)c(=O)n2C)CC1)c1ccc(F)cc1. The predicted octanol–water partition coefficient (Wildman–Crippen LogP) is 0.788. The number of anilines is 2. The number of amides is 1. The number of nitrogens with zero attached hydrogens (tertiary/aromatic N) is 5. The van der Waals surface area contributed by atoms with Gasteiger partial charge in [-0.3, -0.25) is 23.6 Å². The lowest BCUT2D eigenvalue weighted by Gasteiger charge is -2.36. The molecule has 1 aromatic carbocycles. The molecule has 1 fully saturated rings. The number of halogens is 1. The highest BCUT2D eigenvalue weighted by atomic mass is 19.1. The van der Waals surface area contributed by atoms with Crippen LogP contribution in [0.15, 0.2) is 39.9 Å². The van der Waals surface area contributed by atoms with Gasteiger partial charge in [-0.2, -0.15) is 0 Å². The maximum Gasteiger partial charge on any atom is 0.332 e. The molecule has 1 aliphatic heterocycles. The van der Waals surface area contributed by atoms with E-state index < -0.39 is 0 Å². The molecular weight excluding hydrogens is 389 g/mol. The first-order chi connectivity index (χ1) is 14.3. The van der Waals surface area contributed by atoms with Crippen molar-refractivity contribution in [2.75, 3.05) is 49.1 Å². The first-order valence-corrected chi connectivity index (χ1v) is 10.1. The minimum absolute atomic E-state index is 0.0713. The van der Waals surface area contributed by atoms with Crippen molar-refractivity contribution in [3.05, 3.63) is 57.0 Å². The summed E-state index contributed by atoms with van der Waals surface area (Å²) in [4.78, 5) is 42.1. The molecule has 30 heavy (non-hydrogen) atoms. The molecule has 0 bridgehead atoms. The monoisotopic (exact) mass is 417 g/mol. The Morgan fingerprint density at radius 3 is 2.27 bits per heavy atom. The van der Waals surface area contributed by atoms with Gasteiger partial charge in [-0.25, -0.2) is 9.18 Å². The quantitative estimate of drug-likeness (QED) is 0.695. The molecule has 1 aliphatic rings. The van der Waals surface area contributed by atoms with E-state index in [4.69, 9.17) is 0 Å². The van der Waals surface area contributed by atoms with Gasteiger partial charge >= 0.3 is 5.69 Å². The van der Waals surface area contributed by atoms with Crippen molar-refractivity contribution in [2.45, 2.75) is 13.3 Å². The summed E-state index contributed by atoms with van der Waals surface area (Å²) < 4.78 is 15.7. The molecule has 2 heterocycles. The number of aromatic nitrogens is 2. The van der Waals surface area contributed by atoms with Crippen LogP contribution in [0.4, 0.5) is 15.9 Å². The highest BCUT2D eigenvalue weighted by Gasteiger charge is 2.20. The third kappa shape index (κ3) is 4.79. The minimum Gasteiger partial charge on any atom is -0.355 e. The average molecular weight is 417 g/mol. The first kappa shape index (κ1) is 21.8. The van der Waals surface area contributed by atoms with Gasteiger partial charge in [-0.15, -0.1) is 0 Å². The fourth-order valence-corrected chi connectivity index (χ4v) is 3.77. The molecule has 9 heteroatoms. The number of hydrogen-bond donors (Lipinski definition) is 0. The third-order valence-corrected chi connectivity index (χ3v) is 5.57. The Morgan fingerprint density at radius 1 is 1.03 bits per heavy atom. The maximum absolute atomic E-state index is 13.1. The van der Waals surface area contributed by atoms with Crippen molar-refractivity contribution in [2.24, 2.45) is 14.1 Å². The van der Waals surface area contributed by atoms with Gasteiger partial charge in [0.2, 0.25) is 5.91 Å². The van der Waals surface area contributed by atoms with Crippen LogP contribution in [-0.4, -0.2) is 59.2 Å². The Balaban J connectivity index is 1.54. The normalized spacial score (nSPS) is 14.7. The van der Waals surface area contributed by atoms with Crippen LogP contribution < -0.4 is 21.0 Å². The van der Waals surface area contributed by atoms with Gasteiger partial charge < -0.3 is 9.80 Å². The van der Waals surface area contributed by atoms with Crippen LogP contribution in [0.5, 0.6) is 0 Å². The van der Waals surface area contributed by atoms with Gasteiger partial charge in [-0.05, 0) is 37.2 Å². The zero-order valence-electron chi connectivity index (χ0n) is 17.7. The van der Waals surface area contributed by atoms with Crippen LogP contribution in [-0.2, 0) is 18.9 Å². The second-order valence-corrected chi connectivity index (χ2v) is 7.57. The second kappa shape index (κ2) is 9.25. The lowest BCUT2D eigenvalue weighted by Crippen LogP contribution is -2.49. The van der Waals surface area contributed by atoms with Crippen molar-refractivity contribution in [1.29, 1.82) is 0 Å². The summed E-state index contributed by atoms with van der Waals surface area (Å²) in [7, 11) is 3.15. The van der Waals surface area contributed by atoms with Crippen LogP contribution >= 0.6 is 0 Å². The van der Waals surface area contributed by atoms with E-state index in [0.29, 0.717) is 18.1 Å².